The molecule has 1 aromatic rings. The Hall–Kier alpha value is -1.11. The number of hydrogen-bond acceptors (Lipinski definition) is 4. The highest BCUT2D eigenvalue weighted by Crippen LogP contribution is 2.40. The van der Waals surface area contributed by atoms with E-state index in [0.29, 0.717) is 36.3 Å². The van der Waals surface area contributed by atoms with Gasteiger partial charge < -0.3 is 9.84 Å². The van der Waals surface area contributed by atoms with Crippen LogP contribution in [-0.2, 0) is 10.0 Å². The molecule has 5 nitrogen and oxygen atoms in total. The first-order valence-electron chi connectivity index (χ1n) is 7.43. The lowest BCUT2D eigenvalue weighted by atomic mass is 10.00. The van der Waals surface area contributed by atoms with Crippen molar-refractivity contribution in [3.05, 3.63) is 24.3 Å². The van der Waals surface area contributed by atoms with E-state index in [-0.39, 0.29) is 12.0 Å². The van der Waals surface area contributed by atoms with Crippen molar-refractivity contribution in [2.24, 2.45) is 11.8 Å². The molecular weight excluding hydrogens is 290 g/mol. The molecule has 21 heavy (non-hydrogen) atoms. The lowest BCUT2D eigenvalue weighted by Gasteiger charge is -2.18. The first kappa shape index (κ1) is 14.8. The van der Waals surface area contributed by atoms with Crippen LogP contribution in [0.2, 0.25) is 0 Å². The molecule has 1 saturated heterocycles. The van der Waals surface area contributed by atoms with Crippen LogP contribution < -0.4 is 4.74 Å². The maximum atomic E-state index is 12.6. The highest BCUT2D eigenvalue weighted by molar-refractivity contribution is 7.89. The second-order valence-corrected chi connectivity index (χ2v) is 7.73. The van der Waals surface area contributed by atoms with Crippen molar-refractivity contribution in [2.75, 3.05) is 19.7 Å². The van der Waals surface area contributed by atoms with E-state index in [4.69, 9.17) is 4.74 Å². The molecule has 1 aromatic carbocycles. The van der Waals surface area contributed by atoms with Crippen LogP contribution >= 0.6 is 0 Å². The minimum atomic E-state index is -3.47. The molecule has 3 unspecified atom stereocenters. The Morgan fingerprint density at radius 3 is 2.57 bits per heavy atom. The van der Waals surface area contributed by atoms with E-state index in [1.807, 2.05) is 6.92 Å². The van der Waals surface area contributed by atoms with Crippen LogP contribution in [0, 0.1) is 11.8 Å². The van der Waals surface area contributed by atoms with Crippen molar-refractivity contribution in [3.63, 3.8) is 0 Å². The maximum Gasteiger partial charge on any atom is 0.243 e. The Bertz CT molecular complexity index is 599. The molecule has 1 heterocycles. The number of sulfonamides is 1. The molecule has 0 aromatic heterocycles. The van der Waals surface area contributed by atoms with Crippen molar-refractivity contribution < 1.29 is 18.3 Å². The summed E-state index contributed by atoms with van der Waals surface area (Å²) in [6.45, 7) is 3.40. The zero-order valence-corrected chi connectivity index (χ0v) is 12.9. The maximum absolute atomic E-state index is 12.6. The van der Waals surface area contributed by atoms with E-state index in [2.05, 4.69) is 0 Å². The summed E-state index contributed by atoms with van der Waals surface area (Å²) in [5, 5.41) is 9.91. The Balaban J connectivity index is 1.78. The molecule has 0 amide bonds. The molecule has 0 bridgehead atoms. The Morgan fingerprint density at radius 1 is 1.24 bits per heavy atom. The average Bonchev–Trinajstić information content (AvgIpc) is 3.03. The molecule has 6 heteroatoms. The van der Waals surface area contributed by atoms with E-state index in [0.717, 1.165) is 12.8 Å². The Kier molecular flexibility index (Phi) is 3.94. The molecule has 3 rings (SSSR count). The fraction of sp³-hybridized carbons (Fsp3) is 0.600. The van der Waals surface area contributed by atoms with E-state index >= 15 is 0 Å². The van der Waals surface area contributed by atoms with Crippen molar-refractivity contribution in [3.8, 4) is 5.75 Å². The summed E-state index contributed by atoms with van der Waals surface area (Å²) in [4.78, 5) is 0.292. The molecule has 0 spiro atoms. The van der Waals surface area contributed by atoms with Crippen LogP contribution in [0.15, 0.2) is 29.2 Å². The van der Waals surface area contributed by atoms with Gasteiger partial charge in [0.1, 0.15) is 5.75 Å². The summed E-state index contributed by atoms with van der Waals surface area (Å²) in [7, 11) is -3.47. The number of ether oxygens (including phenoxy) is 1. The van der Waals surface area contributed by atoms with Gasteiger partial charge in [0.05, 0.1) is 17.6 Å². The fourth-order valence-electron chi connectivity index (χ4n) is 3.42. The largest absolute Gasteiger partial charge is 0.494 e. The van der Waals surface area contributed by atoms with Crippen molar-refractivity contribution in [2.45, 2.75) is 30.8 Å². The quantitative estimate of drug-likeness (QED) is 0.914. The smallest absolute Gasteiger partial charge is 0.243 e. The minimum Gasteiger partial charge on any atom is -0.494 e. The van der Waals surface area contributed by atoms with Crippen LogP contribution in [0.4, 0.5) is 0 Å². The second kappa shape index (κ2) is 5.59. The van der Waals surface area contributed by atoms with Gasteiger partial charge in [-0.25, -0.2) is 8.42 Å². The van der Waals surface area contributed by atoms with Crippen LogP contribution in [0.25, 0.3) is 0 Å². The number of hydrogen-bond donors (Lipinski definition) is 1. The third-order valence-electron chi connectivity index (χ3n) is 4.56. The standard InChI is InChI=1S/C15H21NO4S/c1-2-20-12-4-6-13(7-5-12)21(18,19)16-9-11-3-8-15(17)14(11)10-16/h4-7,11,14-15,17H,2-3,8-10H2,1H3. The average molecular weight is 311 g/mol. The van der Waals surface area contributed by atoms with Gasteiger partial charge >= 0.3 is 0 Å². The number of aliphatic hydroxyl groups is 1. The molecular formula is C15H21NO4S. The normalized spacial score (nSPS) is 29.5. The lowest BCUT2D eigenvalue weighted by molar-refractivity contribution is 0.129. The van der Waals surface area contributed by atoms with Crippen molar-refractivity contribution >= 4 is 10.0 Å². The van der Waals surface area contributed by atoms with E-state index in [1.165, 1.54) is 4.31 Å². The second-order valence-electron chi connectivity index (χ2n) is 5.80. The van der Waals surface area contributed by atoms with Crippen LogP contribution in [0.5, 0.6) is 5.75 Å². The molecule has 3 atom stereocenters. The van der Waals surface area contributed by atoms with Gasteiger partial charge in [0, 0.05) is 19.0 Å². The number of benzene rings is 1. The van der Waals surface area contributed by atoms with Gasteiger partial charge in [-0.2, -0.15) is 4.31 Å². The number of fused-ring (bicyclic) bond motifs is 1. The van der Waals surface area contributed by atoms with Crippen molar-refractivity contribution in [1.29, 1.82) is 0 Å². The minimum absolute atomic E-state index is 0.0995. The summed E-state index contributed by atoms with van der Waals surface area (Å²) in [6.07, 6.45) is 1.36. The van der Waals surface area contributed by atoms with E-state index < -0.39 is 10.0 Å². The highest BCUT2D eigenvalue weighted by atomic mass is 32.2. The molecule has 1 N–H and O–H groups in total. The third-order valence-corrected chi connectivity index (χ3v) is 6.40. The van der Waals surface area contributed by atoms with Gasteiger partial charge in [-0.05, 0) is 49.9 Å². The third kappa shape index (κ3) is 2.67. The van der Waals surface area contributed by atoms with Crippen LogP contribution in [0.3, 0.4) is 0 Å². The van der Waals surface area contributed by atoms with Crippen LogP contribution in [-0.4, -0.2) is 43.6 Å². The molecule has 1 aliphatic carbocycles. The van der Waals surface area contributed by atoms with Gasteiger partial charge in [-0.15, -0.1) is 0 Å². The molecule has 1 aliphatic heterocycles. The SMILES string of the molecule is CCOc1ccc(S(=O)(=O)N2CC3CCC(O)C3C2)cc1. The molecule has 2 fully saturated rings. The molecule has 1 saturated carbocycles. The molecule has 0 radical (unpaired) electrons. The zero-order valence-electron chi connectivity index (χ0n) is 12.1. The molecule has 116 valence electrons. The topological polar surface area (TPSA) is 66.8 Å². The van der Waals surface area contributed by atoms with Crippen LogP contribution in [0.1, 0.15) is 19.8 Å². The zero-order chi connectivity index (χ0) is 15.0. The predicted octanol–water partition coefficient (Wildman–Crippen LogP) is 1.48. The first-order valence-corrected chi connectivity index (χ1v) is 8.87. The predicted molar refractivity (Wildman–Crippen MR) is 78.6 cm³/mol. The number of nitrogens with zero attached hydrogens (tertiary/aromatic N) is 1. The summed E-state index contributed by atoms with van der Waals surface area (Å²) in [5.41, 5.74) is 0. The highest BCUT2D eigenvalue weighted by Gasteiger charge is 2.45. The summed E-state index contributed by atoms with van der Waals surface area (Å²) < 4.78 is 32.1. The van der Waals surface area contributed by atoms with Gasteiger partial charge in [-0.3, -0.25) is 0 Å². The molecule has 2 aliphatic rings. The van der Waals surface area contributed by atoms with E-state index in [9.17, 15) is 13.5 Å². The summed E-state index contributed by atoms with van der Waals surface area (Å²) >= 11 is 0. The fourth-order valence-corrected chi connectivity index (χ4v) is 4.95. The van der Waals surface area contributed by atoms with Gasteiger partial charge in [-0.1, -0.05) is 0 Å². The summed E-state index contributed by atoms with van der Waals surface area (Å²) in [5.74, 6) is 1.07. The monoisotopic (exact) mass is 311 g/mol. The number of rotatable bonds is 4. The first-order chi connectivity index (χ1) is 10.0. The van der Waals surface area contributed by atoms with Gasteiger partial charge in [0.15, 0.2) is 0 Å². The van der Waals surface area contributed by atoms with Gasteiger partial charge in [0.25, 0.3) is 0 Å². The Morgan fingerprint density at radius 2 is 1.95 bits per heavy atom. The van der Waals surface area contributed by atoms with Gasteiger partial charge in [0.2, 0.25) is 10.0 Å². The Labute approximate surface area is 125 Å². The van der Waals surface area contributed by atoms with E-state index in [1.54, 1.807) is 24.3 Å². The van der Waals surface area contributed by atoms with Crippen molar-refractivity contribution in [1.82, 2.24) is 4.31 Å². The summed E-state index contributed by atoms with van der Waals surface area (Å²) in [6, 6.07) is 6.54. The lowest BCUT2D eigenvalue weighted by Crippen LogP contribution is -2.31. The number of aliphatic hydroxyl groups excluding tert-OH is 1.